The summed E-state index contributed by atoms with van der Waals surface area (Å²) in [6.07, 6.45) is 0. The predicted molar refractivity (Wildman–Crippen MR) is 111 cm³/mol. The van der Waals surface area contributed by atoms with Gasteiger partial charge in [-0.1, -0.05) is 42.5 Å². The molecule has 0 spiro atoms. The minimum Gasteiger partial charge on any atom is -0.279 e. The number of benzene rings is 2. The fourth-order valence-electron chi connectivity index (χ4n) is 3.36. The summed E-state index contributed by atoms with van der Waals surface area (Å²) in [7, 11) is 0. The minimum atomic E-state index is -0.303. The van der Waals surface area contributed by atoms with E-state index >= 15 is 0 Å². The maximum atomic E-state index is 13.4. The first kappa shape index (κ1) is 17.5. The van der Waals surface area contributed by atoms with Gasteiger partial charge in [-0.15, -0.1) is 11.3 Å². The summed E-state index contributed by atoms with van der Waals surface area (Å²) < 4.78 is 3.02. The summed E-state index contributed by atoms with van der Waals surface area (Å²) in [5, 5.41) is 0.634. The van der Waals surface area contributed by atoms with Gasteiger partial charge in [-0.05, 0) is 49.6 Å². The molecule has 136 valence electrons. The number of nitrogens with zero attached hydrogens (tertiary/aromatic N) is 2. The van der Waals surface area contributed by atoms with E-state index < -0.39 is 0 Å². The highest BCUT2D eigenvalue weighted by molar-refractivity contribution is 7.18. The Kier molecular flexibility index (Phi) is 4.32. The first-order chi connectivity index (χ1) is 13.0. The second-order valence-electron chi connectivity index (χ2n) is 6.73. The Morgan fingerprint density at radius 2 is 1.56 bits per heavy atom. The van der Waals surface area contributed by atoms with Gasteiger partial charge < -0.3 is 0 Å². The van der Waals surface area contributed by atoms with Crippen molar-refractivity contribution in [1.82, 2.24) is 9.13 Å². The van der Waals surface area contributed by atoms with Crippen molar-refractivity contribution in [3.8, 4) is 5.69 Å². The van der Waals surface area contributed by atoms with Crippen LogP contribution in [0.4, 0.5) is 0 Å². The maximum absolute atomic E-state index is 13.4. The Morgan fingerprint density at radius 1 is 0.889 bits per heavy atom. The van der Waals surface area contributed by atoms with Gasteiger partial charge in [0.05, 0.1) is 17.6 Å². The van der Waals surface area contributed by atoms with Crippen molar-refractivity contribution in [2.45, 2.75) is 27.3 Å². The highest BCUT2D eigenvalue weighted by Crippen LogP contribution is 2.27. The van der Waals surface area contributed by atoms with Gasteiger partial charge in [0.2, 0.25) is 0 Å². The molecule has 0 aliphatic rings. The molecule has 2 aromatic carbocycles. The SMILES string of the molecule is Cc1ccccc1Cn1c(=O)n(-c2ccccc2)c(=O)c2c(C)c(C)sc21. The number of thiophene rings is 1. The Balaban J connectivity index is 2.09. The lowest BCUT2D eigenvalue weighted by Gasteiger charge is -2.13. The average Bonchev–Trinajstić information content (AvgIpc) is 2.96. The topological polar surface area (TPSA) is 44.0 Å². The molecule has 0 atom stereocenters. The van der Waals surface area contributed by atoms with Crippen molar-refractivity contribution >= 4 is 21.6 Å². The Hall–Kier alpha value is -2.92. The fraction of sp³-hybridized carbons (Fsp3) is 0.182. The normalized spacial score (nSPS) is 11.2. The zero-order valence-corrected chi connectivity index (χ0v) is 16.3. The summed E-state index contributed by atoms with van der Waals surface area (Å²) >= 11 is 1.51. The van der Waals surface area contributed by atoms with Gasteiger partial charge in [0.25, 0.3) is 5.56 Å². The van der Waals surface area contributed by atoms with E-state index in [0.29, 0.717) is 17.6 Å². The molecule has 0 amide bonds. The maximum Gasteiger partial charge on any atom is 0.337 e. The van der Waals surface area contributed by atoms with Crippen LogP contribution >= 0.6 is 11.3 Å². The van der Waals surface area contributed by atoms with E-state index in [9.17, 15) is 9.59 Å². The molecular formula is C22H20N2O2S. The van der Waals surface area contributed by atoms with E-state index in [4.69, 9.17) is 0 Å². The smallest absolute Gasteiger partial charge is 0.279 e. The van der Waals surface area contributed by atoms with Crippen molar-refractivity contribution in [3.63, 3.8) is 0 Å². The van der Waals surface area contributed by atoms with Crippen LogP contribution in [0.1, 0.15) is 21.6 Å². The largest absolute Gasteiger partial charge is 0.337 e. The quantitative estimate of drug-likeness (QED) is 0.538. The predicted octanol–water partition coefficient (Wildman–Crippen LogP) is 4.19. The van der Waals surface area contributed by atoms with Crippen LogP contribution in [0, 0.1) is 20.8 Å². The molecule has 0 fully saturated rings. The van der Waals surface area contributed by atoms with Crippen molar-refractivity contribution in [3.05, 3.63) is 97.0 Å². The number of rotatable bonds is 3. The van der Waals surface area contributed by atoms with Crippen LogP contribution < -0.4 is 11.2 Å². The van der Waals surface area contributed by atoms with Gasteiger partial charge in [-0.2, -0.15) is 0 Å². The summed E-state index contributed by atoms with van der Waals surface area (Å²) in [6, 6.07) is 17.2. The van der Waals surface area contributed by atoms with Crippen LogP contribution in [-0.4, -0.2) is 9.13 Å². The highest BCUT2D eigenvalue weighted by atomic mass is 32.1. The average molecular weight is 376 g/mol. The Bertz CT molecular complexity index is 1260. The minimum absolute atomic E-state index is 0.246. The van der Waals surface area contributed by atoms with Crippen molar-refractivity contribution in [1.29, 1.82) is 0 Å². The van der Waals surface area contributed by atoms with Gasteiger partial charge in [0.15, 0.2) is 0 Å². The number of hydrogen-bond acceptors (Lipinski definition) is 3. The molecule has 4 aromatic rings. The van der Waals surface area contributed by atoms with Crippen molar-refractivity contribution in [2.75, 3.05) is 0 Å². The fourth-order valence-corrected chi connectivity index (χ4v) is 4.50. The van der Waals surface area contributed by atoms with Gasteiger partial charge in [0.1, 0.15) is 4.83 Å². The van der Waals surface area contributed by atoms with E-state index in [1.54, 1.807) is 16.7 Å². The van der Waals surface area contributed by atoms with Crippen LogP contribution in [0.25, 0.3) is 15.9 Å². The molecule has 0 aliphatic heterocycles. The molecule has 2 aromatic heterocycles. The lowest BCUT2D eigenvalue weighted by atomic mass is 10.1. The number of aryl methyl sites for hydroxylation is 3. The van der Waals surface area contributed by atoms with E-state index in [0.717, 1.165) is 26.4 Å². The Morgan fingerprint density at radius 3 is 2.26 bits per heavy atom. The summed E-state index contributed by atoms with van der Waals surface area (Å²) in [5.41, 5.74) is 3.19. The van der Waals surface area contributed by atoms with E-state index in [1.807, 2.05) is 63.2 Å². The molecule has 0 saturated heterocycles. The molecule has 0 aliphatic carbocycles. The summed E-state index contributed by atoms with van der Waals surface area (Å²) in [5.74, 6) is 0. The molecule has 2 heterocycles. The third kappa shape index (κ3) is 2.84. The molecule has 0 N–H and O–H groups in total. The molecule has 0 saturated carbocycles. The van der Waals surface area contributed by atoms with E-state index in [1.165, 1.54) is 15.9 Å². The molecule has 5 heteroatoms. The summed E-state index contributed by atoms with van der Waals surface area (Å²) in [4.78, 5) is 28.4. The van der Waals surface area contributed by atoms with E-state index in [-0.39, 0.29) is 11.2 Å². The van der Waals surface area contributed by atoms with E-state index in [2.05, 4.69) is 0 Å². The van der Waals surface area contributed by atoms with Gasteiger partial charge >= 0.3 is 5.69 Å². The lowest BCUT2D eigenvalue weighted by Crippen LogP contribution is -2.39. The third-order valence-corrected chi connectivity index (χ3v) is 6.29. The Labute approximate surface area is 161 Å². The first-order valence-corrected chi connectivity index (χ1v) is 9.66. The second-order valence-corrected chi connectivity index (χ2v) is 7.94. The molecule has 4 rings (SSSR count). The van der Waals surface area contributed by atoms with Gasteiger partial charge in [0, 0.05) is 4.88 Å². The second kappa shape index (κ2) is 6.67. The molecule has 4 nitrogen and oxygen atoms in total. The van der Waals surface area contributed by atoms with Crippen LogP contribution in [0.15, 0.2) is 64.2 Å². The molecule has 0 unspecified atom stereocenters. The number of para-hydroxylation sites is 1. The molecular weight excluding hydrogens is 356 g/mol. The third-order valence-electron chi connectivity index (χ3n) is 5.06. The van der Waals surface area contributed by atoms with Crippen LogP contribution in [0.3, 0.4) is 0 Å². The van der Waals surface area contributed by atoms with Gasteiger partial charge in [-0.3, -0.25) is 9.36 Å². The summed E-state index contributed by atoms with van der Waals surface area (Å²) in [6.45, 7) is 6.42. The van der Waals surface area contributed by atoms with Crippen LogP contribution in [0.5, 0.6) is 0 Å². The van der Waals surface area contributed by atoms with Crippen LogP contribution in [-0.2, 0) is 6.54 Å². The number of fused-ring (bicyclic) bond motifs is 1. The monoisotopic (exact) mass is 376 g/mol. The van der Waals surface area contributed by atoms with Crippen molar-refractivity contribution < 1.29 is 0 Å². The zero-order chi connectivity index (χ0) is 19.1. The zero-order valence-electron chi connectivity index (χ0n) is 15.5. The van der Waals surface area contributed by atoms with Crippen molar-refractivity contribution in [2.24, 2.45) is 0 Å². The number of hydrogen-bond donors (Lipinski definition) is 0. The standard InChI is InChI=1S/C22H20N2O2S/c1-14-9-7-8-10-17(14)13-23-21-19(15(2)16(3)27-21)20(25)24(22(23)26)18-11-5-4-6-12-18/h4-12H,13H2,1-3H3. The molecule has 0 radical (unpaired) electrons. The highest BCUT2D eigenvalue weighted by Gasteiger charge is 2.19. The molecule has 0 bridgehead atoms. The number of aromatic nitrogens is 2. The molecule has 27 heavy (non-hydrogen) atoms. The van der Waals surface area contributed by atoms with Gasteiger partial charge in [-0.25, -0.2) is 9.36 Å². The van der Waals surface area contributed by atoms with Crippen LogP contribution in [0.2, 0.25) is 0 Å². The lowest BCUT2D eigenvalue weighted by molar-refractivity contribution is 0.716. The first-order valence-electron chi connectivity index (χ1n) is 8.84.